The van der Waals surface area contributed by atoms with Crippen LogP contribution < -0.4 is 16.2 Å². The van der Waals surface area contributed by atoms with Crippen molar-refractivity contribution in [3.8, 4) is 11.3 Å². The van der Waals surface area contributed by atoms with E-state index in [4.69, 9.17) is 0 Å². The summed E-state index contributed by atoms with van der Waals surface area (Å²) in [6.45, 7) is 0.437. The highest BCUT2D eigenvalue weighted by atomic mass is 16.2. The van der Waals surface area contributed by atoms with E-state index in [1.54, 1.807) is 12.1 Å². The fourth-order valence-corrected chi connectivity index (χ4v) is 3.78. The van der Waals surface area contributed by atoms with Crippen molar-refractivity contribution in [2.45, 2.75) is 32.2 Å². The summed E-state index contributed by atoms with van der Waals surface area (Å²) in [5, 5.41) is 11.0. The van der Waals surface area contributed by atoms with E-state index in [0.717, 1.165) is 36.8 Å². The van der Waals surface area contributed by atoms with E-state index in [1.807, 2.05) is 42.5 Å². The summed E-state index contributed by atoms with van der Waals surface area (Å²) < 4.78 is 0. The maximum absolute atomic E-state index is 12.7. The van der Waals surface area contributed by atoms with Crippen LogP contribution in [-0.2, 0) is 11.3 Å². The average molecular weight is 404 g/mol. The molecule has 2 amide bonds. The summed E-state index contributed by atoms with van der Waals surface area (Å²) >= 11 is 0. The van der Waals surface area contributed by atoms with E-state index in [0.29, 0.717) is 17.8 Å². The fraction of sp³-hybridized carbons (Fsp3) is 0.261. The maximum Gasteiger partial charge on any atom is 0.288 e. The van der Waals surface area contributed by atoms with Gasteiger partial charge in [0, 0.05) is 23.6 Å². The summed E-state index contributed by atoms with van der Waals surface area (Å²) in [4.78, 5) is 36.9. The number of anilines is 1. The molecular formula is C23H24N4O3. The summed E-state index contributed by atoms with van der Waals surface area (Å²) in [5.41, 5.74) is 2.45. The molecule has 0 bridgehead atoms. The van der Waals surface area contributed by atoms with Crippen LogP contribution >= 0.6 is 0 Å². The molecule has 1 aliphatic carbocycles. The van der Waals surface area contributed by atoms with E-state index in [1.165, 1.54) is 0 Å². The Kier molecular flexibility index (Phi) is 5.79. The summed E-state index contributed by atoms with van der Waals surface area (Å²) in [5.74, 6) is -0.137. The first-order valence-electron chi connectivity index (χ1n) is 10.2. The Labute approximate surface area is 173 Å². The monoisotopic (exact) mass is 404 g/mol. The van der Waals surface area contributed by atoms with E-state index < -0.39 is 5.56 Å². The normalized spacial score (nSPS) is 13.9. The minimum absolute atomic E-state index is 0.106. The van der Waals surface area contributed by atoms with Crippen LogP contribution in [0.2, 0.25) is 0 Å². The van der Waals surface area contributed by atoms with Crippen molar-refractivity contribution in [1.82, 2.24) is 15.5 Å². The first kappa shape index (κ1) is 19.7. The first-order chi connectivity index (χ1) is 14.6. The van der Waals surface area contributed by atoms with Gasteiger partial charge < -0.3 is 10.6 Å². The fourth-order valence-electron chi connectivity index (χ4n) is 3.78. The molecule has 0 saturated heterocycles. The van der Waals surface area contributed by atoms with Crippen LogP contribution in [0.5, 0.6) is 0 Å². The first-order valence-corrected chi connectivity index (χ1v) is 10.2. The molecule has 1 heterocycles. The number of H-pyrrole nitrogens is 2. The minimum Gasteiger partial charge on any atom is -0.352 e. The smallest absolute Gasteiger partial charge is 0.288 e. The second-order valence-corrected chi connectivity index (χ2v) is 7.55. The zero-order chi connectivity index (χ0) is 20.9. The molecule has 0 aliphatic heterocycles. The molecular weight excluding hydrogens is 380 g/mol. The van der Waals surface area contributed by atoms with Gasteiger partial charge in [0.25, 0.3) is 11.5 Å². The Morgan fingerprint density at radius 2 is 1.63 bits per heavy atom. The van der Waals surface area contributed by atoms with E-state index in [9.17, 15) is 14.4 Å². The number of benzene rings is 2. The van der Waals surface area contributed by atoms with Crippen LogP contribution in [-0.4, -0.2) is 22.0 Å². The quantitative estimate of drug-likeness (QED) is 0.506. The Hall–Kier alpha value is -3.61. The lowest BCUT2D eigenvalue weighted by atomic mass is 10.1. The predicted octanol–water partition coefficient (Wildman–Crippen LogP) is 3.43. The molecule has 1 aromatic heterocycles. The number of carbonyl (C=O) groups excluding carboxylic acids is 2. The number of carbonyl (C=O) groups is 2. The Balaban J connectivity index is 1.41. The highest BCUT2D eigenvalue weighted by Gasteiger charge is 2.22. The van der Waals surface area contributed by atoms with Gasteiger partial charge in [0.1, 0.15) is 5.69 Å². The third-order valence-electron chi connectivity index (χ3n) is 5.49. The largest absolute Gasteiger partial charge is 0.352 e. The molecule has 7 heteroatoms. The van der Waals surface area contributed by atoms with Gasteiger partial charge in [-0.1, -0.05) is 55.3 Å². The predicted molar refractivity (Wildman–Crippen MR) is 115 cm³/mol. The molecule has 0 atom stereocenters. The third kappa shape index (κ3) is 4.35. The lowest BCUT2D eigenvalue weighted by Gasteiger charge is -2.11. The SMILES string of the molecule is O=C(Nc1c(-c2ccccc2)[nH][nH]c1=O)c1ccc(CNC(=O)C2CCCC2)cc1. The summed E-state index contributed by atoms with van der Waals surface area (Å²) in [6, 6.07) is 16.3. The highest BCUT2D eigenvalue weighted by Crippen LogP contribution is 2.25. The zero-order valence-corrected chi connectivity index (χ0v) is 16.5. The zero-order valence-electron chi connectivity index (χ0n) is 16.5. The minimum atomic E-state index is -0.395. The van der Waals surface area contributed by atoms with Crippen molar-refractivity contribution >= 4 is 17.5 Å². The van der Waals surface area contributed by atoms with Gasteiger partial charge in [-0.25, -0.2) is 0 Å². The van der Waals surface area contributed by atoms with E-state index >= 15 is 0 Å². The molecule has 0 spiro atoms. The number of rotatable bonds is 6. The Morgan fingerprint density at radius 1 is 0.933 bits per heavy atom. The molecule has 1 saturated carbocycles. The molecule has 4 N–H and O–H groups in total. The van der Waals surface area contributed by atoms with Crippen LogP contribution in [0.1, 0.15) is 41.6 Å². The molecule has 4 rings (SSSR count). The van der Waals surface area contributed by atoms with E-state index in [2.05, 4.69) is 20.8 Å². The van der Waals surface area contributed by atoms with Crippen LogP contribution in [0.25, 0.3) is 11.3 Å². The number of nitrogens with one attached hydrogen (secondary N) is 4. The average Bonchev–Trinajstić information content (AvgIpc) is 3.44. The molecule has 0 unspecified atom stereocenters. The molecule has 3 aromatic rings. The lowest BCUT2D eigenvalue weighted by molar-refractivity contribution is -0.124. The van der Waals surface area contributed by atoms with Crippen molar-refractivity contribution in [2.75, 3.05) is 5.32 Å². The molecule has 0 radical (unpaired) electrons. The number of aromatic nitrogens is 2. The molecule has 7 nitrogen and oxygen atoms in total. The van der Waals surface area contributed by atoms with Crippen LogP contribution in [0.15, 0.2) is 59.4 Å². The van der Waals surface area contributed by atoms with Crippen LogP contribution in [0.4, 0.5) is 5.69 Å². The van der Waals surface area contributed by atoms with Crippen LogP contribution in [0, 0.1) is 5.92 Å². The third-order valence-corrected chi connectivity index (χ3v) is 5.49. The van der Waals surface area contributed by atoms with Gasteiger partial charge in [0.15, 0.2) is 0 Å². The highest BCUT2D eigenvalue weighted by molar-refractivity contribution is 6.05. The van der Waals surface area contributed by atoms with Crippen molar-refractivity contribution in [3.05, 3.63) is 76.1 Å². The topological polar surface area (TPSA) is 107 Å². The lowest BCUT2D eigenvalue weighted by Crippen LogP contribution is -2.28. The number of hydrogen-bond acceptors (Lipinski definition) is 3. The maximum atomic E-state index is 12.7. The second kappa shape index (κ2) is 8.82. The van der Waals surface area contributed by atoms with Crippen LogP contribution in [0.3, 0.4) is 0 Å². The molecule has 2 aromatic carbocycles. The standard InChI is InChI=1S/C23H24N4O3/c28-21(17-8-4-5-9-17)24-14-15-10-12-18(13-11-15)22(29)25-20-19(26-27-23(20)30)16-6-2-1-3-7-16/h1-3,6-7,10-13,17H,4-5,8-9,14H2,(H,24,28)(H,25,29)(H2,26,27,30). The van der Waals surface area contributed by atoms with Gasteiger partial charge in [-0.05, 0) is 30.5 Å². The summed E-state index contributed by atoms with van der Waals surface area (Å²) in [6.07, 6.45) is 4.18. The van der Waals surface area contributed by atoms with Crippen molar-refractivity contribution in [1.29, 1.82) is 0 Å². The van der Waals surface area contributed by atoms with Gasteiger partial charge in [0.2, 0.25) is 5.91 Å². The Morgan fingerprint density at radius 3 is 2.33 bits per heavy atom. The number of aromatic amines is 2. The molecule has 1 fully saturated rings. The van der Waals surface area contributed by atoms with Gasteiger partial charge in [-0.3, -0.25) is 24.6 Å². The Bertz CT molecular complexity index is 1080. The second-order valence-electron chi connectivity index (χ2n) is 7.55. The van der Waals surface area contributed by atoms with Gasteiger partial charge >= 0.3 is 0 Å². The molecule has 1 aliphatic rings. The van der Waals surface area contributed by atoms with Gasteiger partial charge in [-0.15, -0.1) is 0 Å². The number of amides is 2. The summed E-state index contributed by atoms with van der Waals surface area (Å²) in [7, 11) is 0. The molecule has 30 heavy (non-hydrogen) atoms. The van der Waals surface area contributed by atoms with Crippen molar-refractivity contribution < 1.29 is 9.59 Å². The van der Waals surface area contributed by atoms with Crippen molar-refractivity contribution in [2.24, 2.45) is 5.92 Å². The molecule has 154 valence electrons. The van der Waals surface area contributed by atoms with Gasteiger partial charge in [-0.2, -0.15) is 0 Å². The van der Waals surface area contributed by atoms with Crippen molar-refractivity contribution in [3.63, 3.8) is 0 Å². The van der Waals surface area contributed by atoms with E-state index in [-0.39, 0.29) is 23.4 Å². The van der Waals surface area contributed by atoms with Gasteiger partial charge in [0.05, 0.1) is 5.69 Å². The number of hydrogen-bond donors (Lipinski definition) is 4.